The summed E-state index contributed by atoms with van der Waals surface area (Å²) in [6.45, 7) is 4.79. The molecular formula is C15H17ClF3NO5. The van der Waals surface area contributed by atoms with Gasteiger partial charge in [-0.1, -0.05) is 11.6 Å². The zero-order chi connectivity index (χ0) is 19.4. The molecule has 1 unspecified atom stereocenters. The molecule has 0 radical (unpaired) electrons. The predicted octanol–water partition coefficient (Wildman–Crippen LogP) is 3.76. The molecule has 0 aromatic heterocycles. The molecule has 2 N–H and O–H groups in total. The quantitative estimate of drug-likeness (QED) is 0.808. The van der Waals surface area contributed by atoms with Gasteiger partial charge in [0.2, 0.25) is 0 Å². The van der Waals surface area contributed by atoms with Crippen molar-refractivity contribution in [3.05, 3.63) is 28.8 Å². The van der Waals surface area contributed by atoms with E-state index in [0.29, 0.717) is 0 Å². The molecule has 1 aromatic carbocycles. The van der Waals surface area contributed by atoms with Crippen LogP contribution < -0.4 is 10.1 Å². The molecule has 1 aromatic rings. The number of amides is 1. The maximum atomic E-state index is 12.3. The molecule has 1 atom stereocenters. The van der Waals surface area contributed by atoms with Crippen molar-refractivity contribution >= 4 is 23.7 Å². The first-order chi connectivity index (χ1) is 11.2. The molecule has 1 rings (SSSR count). The van der Waals surface area contributed by atoms with Crippen molar-refractivity contribution in [1.29, 1.82) is 0 Å². The highest BCUT2D eigenvalue weighted by Crippen LogP contribution is 2.27. The number of carboxylic acid groups (broad SMARTS) is 1. The molecule has 140 valence electrons. The van der Waals surface area contributed by atoms with Gasteiger partial charge < -0.3 is 19.9 Å². The third-order valence-electron chi connectivity index (χ3n) is 2.59. The number of aliphatic carboxylic acids is 1. The fraction of sp³-hybridized carbons (Fsp3) is 0.467. The first-order valence-electron chi connectivity index (χ1n) is 7.03. The Kier molecular flexibility index (Phi) is 6.53. The Bertz CT molecular complexity index is 643. The lowest BCUT2D eigenvalue weighted by Gasteiger charge is -2.22. The fourth-order valence-corrected chi connectivity index (χ4v) is 2.06. The Labute approximate surface area is 146 Å². The number of rotatable bonds is 5. The van der Waals surface area contributed by atoms with Crippen LogP contribution in [-0.4, -0.2) is 35.2 Å². The summed E-state index contributed by atoms with van der Waals surface area (Å²) in [4.78, 5) is 23.0. The molecule has 25 heavy (non-hydrogen) atoms. The summed E-state index contributed by atoms with van der Waals surface area (Å²) in [5.74, 6) is -1.97. The van der Waals surface area contributed by atoms with E-state index in [2.05, 4.69) is 10.1 Å². The summed E-state index contributed by atoms with van der Waals surface area (Å²) in [7, 11) is 0. The van der Waals surface area contributed by atoms with Gasteiger partial charge >= 0.3 is 18.4 Å². The van der Waals surface area contributed by atoms with Crippen molar-refractivity contribution in [1.82, 2.24) is 5.32 Å². The number of hydrogen-bond donors (Lipinski definition) is 2. The third-order valence-corrected chi connectivity index (χ3v) is 2.81. The van der Waals surface area contributed by atoms with Gasteiger partial charge in [-0.25, -0.2) is 9.59 Å². The van der Waals surface area contributed by atoms with Crippen LogP contribution in [0.2, 0.25) is 5.02 Å². The largest absolute Gasteiger partial charge is 0.573 e. The maximum absolute atomic E-state index is 12.3. The minimum atomic E-state index is -4.91. The summed E-state index contributed by atoms with van der Waals surface area (Å²) in [5, 5.41) is 11.3. The van der Waals surface area contributed by atoms with Crippen LogP contribution in [0, 0.1) is 0 Å². The van der Waals surface area contributed by atoms with Gasteiger partial charge in [0.15, 0.2) is 0 Å². The van der Waals surface area contributed by atoms with Gasteiger partial charge in [-0.05, 0) is 44.5 Å². The Hall–Kier alpha value is -2.16. The topological polar surface area (TPSA) is 84.9 Å². The number of halogens is 4. The summed E-state index contributed by atoms with van der Waals surface area (Å²) < 4.78 is 45.6. The van der Waals surface area contributed by atoms with E-state index in [4.69, 9.17) is 16.3 Å². The smallest absolute Gasteiger partial charge is 0.480 e. The van der Waals surface area contributed by atoms with Crippen LogP contribution in [0.3, 0.4) is 0 Å². The molecule has 0 aliphatic rings. The van der Waals surface area contributed by atoms with Crippen molar-refractivity contribution < 1.29 is 37.3 Å². The van der Waals surface area contributed by atoms with Crippen molar-refractivity contribution in [2.45, 2.75) is 45.2 Å². The molecule has 0 saturated carbocycles. The number of carbonyl (C=O) groups is 2. The highest BCUT2D eigenvalue weighted by Gasteiger charge is 2.31. The van der Waals surface area contributed by atoms with E-state index in [-0.39, 0.29) is 17.0 Å². The lowest BCUT2D eigenvalue weighted by molar-refractivity contribution is -0.274. The monoisotopic (exact) mass is 383 g/mol. The van der Waals surface area contributed by atoms with Crippen LogP contribution in [0.25, 0.3) is 0 Å². The van der Waals surface area contributed by atoms with Crippen LogP contribution >= 0.6 is 11.6 Å². The summed E-state index contributed by atoms with van der Waals surface area (Å²) >= 11 is 5.73. The highest BCUT2D eigenvalue weighted by molar-refractivity contribution is 6.30. The maximum Gasteiger partial charge on any atom is 0.573 e. The molecule has 0 aliphatic carbocycles. The van der Waals surface area contributed by atoms with E-state index >= 15 is 0 Å². The number of ether oxygens (including phenoxy) is 2. The van der Waals surface area contributed by atoms with Gasteiger partial charge in [0.1, 0.15) is 17.4 Å². The van der Waals surface area contributed by atoms with Crippen molar-refractivity contribution in [2.75, 3.05) is 0 Å². The molecule has 10 heteroatoms. The first kappa shape index (κ1) is 20.9. The molecule has 1 amide bonds. The number of alkyl halides is 3. The second-order valence-electron chi connectivity index (χ2n) is 6.08. The molecule has 0 heterocycles. The van der Waals surface area contributed by atoms with Crippen LogP contribution in [0.15, 0.2) is 18.2 Å². The van der Waals surface area contributed by atoms with Crippen molar-refractivity contribution in [2.24, 2.45) is 0 Å². The normalized spacial score (nSPS) is 13.1. The van der Waals surface area contributed by atoms with E-state index < -0.39 is 35.8 Å². The van der Waals surface area contributed by atoms with Gasteiger partial charge in [0.25, 0.3) is 0 Å². The van der Waals surface area contributed by atoms with E-state index in [1.54, 1.807) is 20.8 Å². The third kappa shape index (κ3) is 8.48. The van der Waals surface area contributed by atoms with Gasteiger partial charge in [-0.15, -0.1) is 13.2 Å². The summed E-state index contributed by atoms with van der Waals surface area (Å²) in [6, 6.07) is 1.78. The molecule has 0 fully saturated rings. The van der Waals surface area contributed by atoms with Crippen LogP contribution in [0.4, 0.5) is 18.0 Å². The fourth-order valence-electron chi connectivity index (χ4n) is 1.82. The van der Waals surface area contributed by atoms with E-state index in [1.165, 1.54) is 6.07 Å². The average Bonchev–Trinajstić information content (AvgIpc) is 2.32. The van der Waals surface area contributed by atoms with E-state index in [9.17, 15) is 27.9 Å². The molecule has 6 nitrogen and oxygen atoms in total. The number of carboxylic acids is 1. The Morgan fingerprint density at radius 3 is 2.32 bits per heavy atom. The zero-order valence-electron chi connectivity index (χ0n) is 13.6. The van der Waals surface area contributed by atoms with Crippen LogP contribution in [0.5, 0.6) is 5.75 Å². The van der Waals surface area contributed by atoms with Gasteiger partial charge in [0.05, 0.1) is 0 Å². The summed E-state index contributed by atoms with van der Waals surface area (Å²) in [5.41, 5.74) is -0.702. The Morgan fingerprint density at radius 1 is 1.24 bits per heavy atom. The van der Waals surface area contributed by atoms with Gasteiger partial charge in [-0.3, -0.25) is 0 Å². The van der Waals surface area contributed by atoms with Gasteiger partial charge in [-0.2, -0.15) is 0 Å². The molecule has 0 bridgehead atoms. The standard InChI is InChI=1S/C15H17ClF3NO5/c1-14(2,3)25-13(23)20-11(12(21)22)6-8-4-9(16)7-10(5-8)24-15(17,18)19/h4-5,7,11H,6H2,1-3H3,(H,20,23)(H,21,22). The predicted molar refractivity (Wildman–Crippen MR) is 82.6 cm³/mol. The average molecular weight is 384 g/mol. The van der Waals surface area contributed by atoms with E-state index in [1.807, 2.05) is 0 Å². The number of nitrogens with one attached hydrogen (secondary N) is 1. The molecule has 0 aliphatic heterocycles. The summed E-state index contributed by atoms with van der Waals surface area (Å²) in [6.07, 6.45) is -6.19. The van der Waals surface area contributed by atoms with Crippen molar-refractivity contribution in [3.63, 3.8) is 0 Å². The van der Waals surface area contributed by atoms with Crippen molar-refractivity contribution in [3.8, 4) is 5.75 Å². The lowest BCUT2D eigenvalue weighted by Crippen LogP contribution is -2.44. The minimum Gasteiger partial charge on any atom is -0.480 e. The van der Waals surface area contributed by atoms with E-state index in [0.717, 1.165) is 12.1 Å². The number of benzene rings is 1. The first-order valence-corrected chi connectivity index (χ1v) is 7.40. The minimum absolute atomic E-state index is 0.0712. The number of alkyl carbamates (subject to hydrolysis) is 1. The zero-order valence-corrected chi connectivity index (χ0v) is 14.4. The SMILES string of the molecule is CC(C)(C)OC(=O)NC(Cc1cc(Cl)cc(OC(F)(F)F)c1)C(=O)O. The molecule has 0 saturated heterocycles. The Morgan fingerprint density at radius 2 is 1.84 bits per heavy atom. The van der Waals surface area contributed by atoms with Gasteiger partial charge in [0, 0.05) is 11.4 Å². The van der Waals surface area contributed by atoms with Crippen LogP contribution in [-0.2, 0) is 16.0 Å². The highest BCUT2D eigenvalue weighted by atomic mass is 35.5. The second-order valence-corrected chi connectivity index (χ2v) is 6.52. The Balaban J connectivity index is 2.91. The van der Waals surface area contributed by atoms with Crippen LogP contribution in [0.1, 0.15) is 26.3 Å². The number of hydrogen-bond acceptors (Lipinski definition) is 4. The lowest BCUT2D eigenvalue weighted by atomic mass is 10.1. The molecular weight excluding hydrogens is 367 g/mol. The number of carbonyl (C=O) groups excluding carboxylic acids is 1. The second kappa shape index (κ2) is 7.81. The molecule has 0 spiro atoms.